The van der Waals surface area contributed by atoms with E-state index in [-0.39, 0.29) is 24.3 Å². The first-order chi connectivity index (χ1) is 10.2. The molecule has 21 heavy (non-hydrogen) atoms. The van der Waals surface area contributed by atoms with Crippen LogP contribution in [0.1, 0.15) is 48.9 Å². The van der Waals surface area contributed by atoms with Gasteiger partial charge in [0.15, 0.2) is 0 Å². The predicted molar refractivity (Wildman–Crippen MR) is 79.6 cm³/mol. The summed E-state index contributed by atoms with van der Waals surface area (Å²) in [6.45, 7) is 0. The van der Waals surface area contributed by atoms with E-state index in [0.29, 0.717) is 11.3 Å². The van der Waals surface area contributed by atoms with Gasteiger partial charge in [-0.15, -0.1) is 0 Å². The highest BCUT2D eigenvalue weighted by molar-refractivity contribution is 5.96. The van der Waals surface area contributed by atoms with Crippen molar-refractivity contribution in [3.05, 3.63) is 29.8 Å². The van der Waals surface area contributed by atoms with Gasteiger partial charge in [0.25, 0.3) is 5.91 Å². The molecule has 1 aliphatic rings. The summed E-state index contributed by atoms with van der Waals surface area (Å²) in [6.07, 6.45) is 5.53. The van der Waals surface area contributed by atoms with E-state index in [0.717, 1.165) is 12.8 Å². The third kappa shape index (κ3) is 4.60. The number of nitriles is 1. The van der Waals surface area contributed by atoms with Crippen LogP contribution in [0.25, 0.3) is 0 Å². The van der Waals surface area contributed by atoms with E-state index in [1.165, 1.54) is 19.3 Å². The molecule has 0 unspecified atom stereocenters. The average molecular weight is 285 g/mol. The van der Waals surface area contributed by atoms with Crippen molar-refractivity contribution in [1.29, 1.82) is 5.26 Å². The molecule has 1 aliphatic carbocycles. The van der Waals surface area contributed by atoms with Crippen molar-refractivity contribution in [2.24, 2.45) is 0 Å². The lowest BCUT2D eigenvalue weighted by Crippen LogP contribution is -2.36. The van der Waals surface area contributed by atoms with Gasteiger partial charge in [0.2, 0.25) is 5.91 Å². The smallest absolute Gasteiger partial charge is 0.251 e. The minimum absolute atomic E-state index is 0.0724. The van der Waals surface area contributed by atoms with Gasteiger partial charge in [-0.05, 0) is 37.1 Å². The lowest BCUT2D eigenvalue weighted by molar-refractivity contribution is -0.115. The lowest BCUT2D eigenvalue weighted by atomic mass is 9.95. The van der Waals surface area contributed by atoms with Gasteiger partial charge in [0.05, 0.1) is 6.07 Å². The molecular weight excluding hydrogens is 266 g/mol. The minimum Gasteiger partial charge on any atom is -0.349 e. The van der Waals surface area contributed by atoms with E-state index >= 15 is 0 Å². The molecule has 0 bridgehead atoms. The van der Waals surface area contributed by atoms with Gasteiger partial charge in [0, 0.05) is 17.3 Å². The highest BCUT2D eigenvalue weighted by Crippen LogP contribution is 2.18. The molecule has 5 heteroatoms. The van der Waals surface area contributed by atoms with Crippen LogP contribution in [0.2, 0.25) is 0 Å². The maximum atomic E-state index is 12.1. The maximum Gasteiger partial charge on any atom is 0.251 e. The number of nitrogens with zero attached hydrogens (tertiary/aromatic N) is 1. The Balaban J connectivity index is 1.90. The molecule has 0 aromatic heterocycles. The number of carbonyl (C=O) groups is 2. The van der Waals surface area contributed by atoms with Crippen LogP contribution in [0.5, 0.6) is 0 Å². The second kappa shape index (κ2) is 7.44. The first-order valence-corrected chi connectivity index (χ1v) is 7.27. The third-order valence-corrected chi connectivity index (χ3v) is 3.61. The topological polar surface area (TPSA) is 82.0 Å². The molecule has 1 fully saturated rings. The molecule has 0 atom stereocenters. The standard InChI is InChI=1S/C16H19N3O2/c17-11-10-15(20)18-14-8-6-12(7-9-14)16(21)19-13-4-2-1-3-5-13/h6-9,13H,1-5,10H2,(H,18,20)(H,19,21). The highest BCUT2D eigenvalue weighted by Gasteiger charge is 2.16. The first-order valence-electron chi connectivity index (χ1n) is 7.27. The summed E-state index contributed by atoms with van der Waals surface area (Å²) < 4.78 is 0. The quantitative estimate of drug-likeness (QED) is 0.892. The number of amides is 2. The molecule has 1 saturated carbocycles. The second-order valence-corrected chi connectivity index (χ2v) is 5.27. The van der Waals surface area contributed by atoms with Crippen molar-refractivity contribution in [1.82, 2.24) is 5.32 Å². The molecule has 2 rings (SSSR count). The Kier molecular flexibility index (Phi) is 5.33. The monoisotopic (exact) mass is 285 g/mol. The van der Waals surface area contributed by atoms with Crippen molar-refractivity contribution in [3.8, 4) is 6.07 Å². The molecule has 0 heterocycles. The Morgan fingerprint density at radius 1 is 1.14 bits per heavy atom. The summed E-state index contributed by atoms with van der Waals surface area (Å²) >= 11 is 0. The molecule has 1 aromatic rings. The van der Waals surface area contributed by atoms with Gasteiger partial charge in [-0.1, -0.05) is 19.3 Å². The first kappa shape index (κ1) is 15.0. The Bertz CT molecular complexity index is 540. The molecule has 110 valence electrons. The second-order valence-electron chi connectivity index (χ2n) is 5.27. The highest BCUT2D eigenvalue weighted by atomic mass is 16.2. The van der Waals surface area contributed by atoms with Crippen LogP contribution < -0.4 is 10.6 Å². The predicted octanol–water partition coefficient (Wildman–Crippen LogP) is 2.60. The summed E-state index contributed by atoms with van der Waals surface area (Å²) in [5.41, 5.74) is 1.17. The van der Waals surface area contributed by atoms with Crippen molar-refractivity contribution in [3.63, 3.8) is 0 Å². The Hall–Kier alpha value is -2.35. The van der Waals surface area contributed by atoms with E-state index in [9.17, 15) is 9.59 Å². The number of nitrogens with one attached hydrogen (secondary N) is 2. The summed E-state index contributed by atoms with van der Waals surface area (Å²) in [5.74, 6) is -0.422. The van der Waals surface area contributed by atoms with Gasteiger partial charge in [-0.2, -0.15) is 5.26 Å². The van der Waals surface area contributed by atoms with Gasteiger partial charge in [-0.3, -0.25) is 9.59 Å². The number of benzene rings is 1. The summed E-state index contributed by atoms with van der Waals surface area (Å²) in [7, 11) is 0. The molecule has 2 amide bonds. The Morgan fingerprint density at radius 3 is 2.43 bits per heavy atom. The average Bonchev–Trinajstić information content (AvgIpc) is 2.49. The molecule has 0 radical (unpaired) electrons. The summed E-state index contributed by atoms with van der Waals surface area (Å²) in [5, 5.41) is 14.1. The van der Waals surface area contributed by atoms with Gasteiger partial charge in [-0.25, -0.2) is 0 Å². The number of hydrogen-bond donors (Lipinski definition) is 2. The van der Waals surface area contributed by atoms with E-state index in [1.807, 2.05) is 0 Å². The fraction of sp³-hybridized carbons (Fsp3) is 0.438. The maximum absolute atomic E-state index is 12.1. The summed E-state index contributed by atoms with van der Waals surface area (Å²) in [4.78, 5) is 23.4. The van der Waals surface area contributed by atoms with Crippen LogP contribution >= 0.6 is 0 Å². The van der Waals surface area contributed by atoms with Crippen LogP contribution in [0, 0.1) is 11.3 Å². The molecule has 0 saturated heterocycles. The summed E-state index contributed by atoms with van der Waals surface area (Å²) in [6, 6.07) is 8.77. The van der Waals surface area contributed by atoms with E-state index in [4.69, 9.17) is 5.26 Å². The SMILES string of the molecule is N#CCC(=O)Nc1ccc(C(=O)NC2CCCCC2)cc1. The van der Waals surface area contributed by atoms with Gasteiger partial charge in [0.1, 0.15) is 6.42 Å². The van der Waals surface area contributed by atoms with Crippen LogP contribution in [-0.4, -0.2) is 17.9 Å². The van der Waals surface area contributed by atoms with E-state index in [2.05, 4.69) is 10.6 Å². The number of carbonyl (C=O) groups excluding carboxylic acids is 2. The normalized spacial score (nSPS) is 15.0. The van der Waals surface area contributed by atoms with Crippen molar-refractivity contribution >= 4 is 17.5 Å². The van der Waals surface area contributed by atoms with Crippen LogP contribution in [0.3, 0.4) is 0 Å². The van der Waals surface area contributed by atoms with Gasteiger partial charge >= 0.3 is 0 Å². The molecular formula is C16H19N3O2. The van der Waals surface area contributed by atoms with Crippen molar-refractivity contribution in [2.45, 2.75) is 44.6 Å². The third-order valence-electron chi connectivity index (χ3n) is 3.61. The van der Waals surface area contributed by atoms with Crippen LogP contribution in [-0.2, 0) is 4.79 Å². The molecule has 2 N–H and O–H groups in total. The fourth-order valence-electron chi connectivity index (χ4n) is 2.50. The molecule has 0 aliphatic heterocycles. The fourth-order valence-corrected chi connectivity index (χ4v) is 2.50. The van der Waals surface area contributed by atoms with Crippen LogP contribution in [0.4, 0.5) is 5.69 Å². The van der Waals surface area contributed by atoms with Crippen molar-refractivity contribution < 1.29 is 9.59 Å². The molecule has 0 spiro atoms. The zero-order valence-corrected chi connectivity index (χ0v) is 11.9. The van der Waals surface area contributed by atoms with Gasteiger partial charge < -0.3 is 10.6 Å². The number of hydrogen-bond acceptors (Lipinski definition) is 3. The Labute approximate surface area is 124 Å². The zero-order chi connectivity index (χ0) is 15.1. The minimum atomic E-state index is -0.350. The van der Waals surface area contributed by atoms with Crippen molar-refractivity contribution in [2.75, 3.05) is 5.32 Å². The largest absolute Gasteiger partial charge is 0.349 e. The van der Waals surface area contributed by atoms with E-state index < -0.39 is 0 Å². The lowest BCUT2D eigenvalue weighted by Gasteiger charge is -2.22. The Morgan fingerprint density at radius 2 is 1.81 bits per heavy atom. The zero-order valence-electron chi connectivity index (χ0n) is 11.9. The molecule has 5 nitrogen and oxygen atoms in total. The molecule has 1 aromatic carbocycles. The van der Waals surface area contributed by atoms with Crippen LogP contribution in [0.15, 0.2) is 24.3 Å². The number of anilines is 1. The van der Waals surface area contributed by atoms with E-state index in [1.54, 1.807) is 30.3 Å². The number of rotatable bonds is 4.